The molecule has 1 atom stereocenters. The molecule has 10 heteroatoms. The van der Waals surface area contributed by atoms with E-state index >= 15 is 0 Å². The molecule has 0 saturated carbocycles. The van der Waals surface area contributed by atoms with Gasteiger partial charge in [-0.15, -0.1) is 0 Å². The number of hydrogen-bond donors (Lipinski definition) is 1. The van der Waals surface area contributed by atoms with E-state index in [0.29, 0.717) is 5.69 Å². The fraction of sp³-hybridized carbons (Fsp3) is 0.310. The predicted octanol–water partition coefficient (Wildman–Crippen LogP) is 5.53. The molecule has 2 amide bonds. The Balaban J connectivity index is 2.06. The van der Waals surface area contributed by atoms with Crippen LogP contribution in [0.5, 0.6) is 0 Å². The molecule has 1 N–H and O–H groups in total. The lowest BCUT2D eigenvalue weighted by Gasteiger charge is -2.35. The first-order chi connectivity index (χ1) is 18.2. The second-order valence-electron chi connectivity index (χ2n) is 10.3. The Hall–Kier alpha value is -2.69. The van der Waals surface area contributed by atoms with Crippen molar-refractivity contribution in [3.05, 3.63) is 98.9 Å². The molecule has 0 spiro atoms. The molecule has 0 aliphatic carbocycles. The van der Waals surface area contributed by atoms with Crippen LogP contribution in [-0.2, 0) is 32.6 Å². The Morgan fingerprint density at radius 1 is 0.846 bits per heavy atom. The zero-order chi connectivity index (χ0) is 28.8. The molecule has 3 aromatic carbocycles. The van der Waals surface area contributed by atoms with Gasteiger partial charge in [0, 0.05) is 27.4 Å². The predicted molar refractivity (Wildman–Crippen MR) is 163 cm³/mol. The van der Waals surface area contributed by atoms with Gasteiger partial charge in [-0.05, 0) is 68.3 Å². The molecule has 0 bridgehead atoms. The molecule has 7 nitrogen and oxygen atoms in total. The maximum Gasteiger partial charge on any atom is 0.244 e. The van der Waals surface area contributed by atoms with E-state index in [1.807, 2.05) is 75.4 Å². The fourth-order valence-corrected chi connectivity index (χ4v) is 5.39. The first kappa shape index (κ1) is 30.8. The smallest absolute Gasteiger partial charge is 0.244 e. The van der Waals surface area contributed by atoms with Crippen molar-refractivity contribution in [1.82, 2.24) is 10.2 Å². The lowest BCUT2D eigenvalue weighted by Crippen LogP contribution is -2.56. The fourth-order valence-electron chi connectivity index (χ4n) is 4.01. The largest absolute Gasteiger partial charge is 0.350 e. The van der Waals surface area contributed by atoms with Crippen LogP contribution in [0.1, 0.15) is 31.9 Å². The van der Waals surface area contributed by atoms with Crippen molar-refractivity contribution in [2.75, 3.05) is 17.1 Å². The van der Waals surface area contributed by atoms with Crippen LogP contribution in [0.15, 0.2) is 87.8 Å². The monoisotopic (exact) mass is 677 g/mol. The van der Waals surface area contributed by atoms with Gasteiger partial charge < -0.3 is 10.2 Å². The minimum atomic E-state index is -3.81. The quantitative estimate of drug-likeness (QED) is 0.306. The summed E-state index contributed by atoms with van der Waals surface area (Å²) in [5.41, 5.74) is 1.52. The summed E-state index contributed by atoms with van der Waals surface area (Å²) in [5.74, 6) is -0.803. The number of carbonyl (C=O) groups is 2. The van der Waals surface area contributed by atoms with Crippen LogP contribution >= 0.6 is 31.9 Å². The normalized spacial score (nSPS) is 12.5. The first-order valence-corrected chi connectivity index (χ1v) is 15.8. The Kier molecular flexibility index (Phi) is 10.4. The Labute approximate surface area is 247 Å². The average molecular weight is 679 g/mol. The van der Waals surface area contributed by atoms with Crippen LogP contribution < -0.4 is 9.62 Å². The molecule has 3 aromatic rings. The van der Waals surface area contributed by atoms with E-state index in [2.05, 4.69) is 37.2 Å². The highest BCUT2D eigenvalue weighted by molar-refractivity contribution is 9.10. The van der Waals surface area contributed by atoms with E-state index in [0.717, 1.165) is 30.6 Å². The summed E-state index contributed by atoms with van der Waals surface area (Å²) in [6.07, 6.45) is 1.33. The molecule has 0 radical (unpaired) electrons. The van der Waals surface area contributed by atoms with Gasteiger partial charge in [-0.3, -0.25) is 13.9 Å². The third kappa shape index (κ3) is 9.47. The van der Waals surface area contributed by atoms with Gasteiger partial charge in [0.15, 0.2) is 0 Å². The maximum absolute atomic E-state index is 14.0. The van der Waals surface area contributed by atoms with E-state index < -0.39 is 34.1 Å². The number of rotatable bonds is 10. The van der Waals surface area contributed by atoms with Crippen LogP contribution in [0.4, 0.5) is 5.69 Å². The SMILES string of the molecule is CC(C)(C)NC(=O)[C@@H](Cc1ccccc1)N(Cc1ccc(Br)cc1)C(=O)CN(c1ccc(Br)cc1)S(C)(=O)=O. The third-order valence-electron chi connectivity index (χ3n) is 5.83. The molecule has 3 rings (SSSR count). The summed E-state index contributed by atoms with van der Waals surface area (Å²) in [6, 6.07) is 22.7. The molecule has 0 aliphatic heterocycles. The standard InChI is InChI=1S/C29H33Br2N3O4S/c1-29(2,3)32-28(36)26(18-21-8-6-5-7-9-21)33(19-22-10-12-23(30)13-11-22)27(35)20-34(39(4,37)38)25-16-14-24(31)15-17-25/h5-17,26H,18-20H2,1-4H3,(H,32,36)/t26-/m1/s1. The van der Waals surface area contributed by atoms with Crippen molar-refractivity contribution in [2.45, 2.75) is 45.3 Å². The van der Waals surface area contributed by atoms with Crippen molar-refractivity contribution < 1.29 is 18.0 Å². The summed E-state index contributed by atoms with van der Waals surface area (Å²) in [7, 11) is -3.81. The average Bonchev–Trinajstić information content (AvgIpc) is 2.85. The van der Waals surface area contributed by atoms with Gasteiger partial charge >= 0.3 is 0 Å². The summed E-state index contributed by atoms with van der Waals surface area (Å²) in [6.45, 7) is 5.31. The molecule has 0 aliphatic rings. The highest BCUT2D eigenvalue weighted by atomic mass is 79.9. The zero-order valence-electron chi connectivity index (χ0n) is 22.4. The number of carbonyl (C=O) groups excluding carboxylic acids is 2. The number of hydrogen-bond acceptors (Lipinski definition) is 4. The number of nitrogens with zero attached hydrogens (tertiary/aromatic N) is 2. The summed E-state index contributed by atoms with van der Waals surface area (Å²) < 4.78 is 28.4. The molecule has 208 valence electrons. The van der Waals surface area contributed by atoms with Gasteiger partial charge in [0.1, 0.15) is 12.6 Å². The highest BCUT2D eigenvalue weighted by Gasteiger charge is 2.34. The molecular formula is C29H33Br2N3O4S. The maximum atomic E-state index is 14.0. The zero-order valence-corrected chi connectivity index (χ0v) is 26.4. The third-order valence-corrected chi connectivity index (χ3v) is 8.03. The Bertz CT molecular complexity index is 1370. The van der Waals surface area contributed by atoms with Crippen LogP contribution in [-0.4, -0.2) is 49.5 Å². The molecule has 0 aromatic heterocycles. The first-order valence-electron chi connectivity index (χ1n) is 12.4. The van der Waals surface area contributed by atoms with Crippen molar-refractivity contribution in [2.24, 2.45) is 0 Å². The number of benzene rings is 3. The van der Waals surface area contributed by atoms with Gasteiger partial charge in [-0.25, -0.2) is 8.42 Å². The molecular weight excluding hydrogens is 646 g/mol. The molecule has 0 unspecified atom stereocenters. The second-order valence-corrected chi connectivity index (χ2v) is 14.1. The van der Waals surface area contributed by atoms with Crippen molar-refractivity contribution >= 4 is 59.4 Å². The number of sulfonamides is 1. The Morgan fingerprint density at radius 3 is 1.90 bits per heavy atom. The molecule has 39 heavy (non-hydrogen) atoms. The van der Waals surface area contributed by atoms with Gasteiger partial charge in [0.05, 0.1) is 11.9 Å². The molecule has 0 fully saturated rings. The van der Waals surface area contributed by atoms with Gasteiger partial charge in [0.25, 0.3) is 0 Å². The van der Waals surface area contributed by atoms with Crippen molar-refractivity contribution in [3.63, 3.8) is 0 Å². The molecule has 0 saturated heterocycles. The highest BCUT2D eigenvalue weighted by Crippen LogP contribution is 2.23. The lowest BCUT2D eigenvalue weighted by molar-refractivity contribution is -0.140. The van der Waals surface area contributed by atoms with Gasteiger partial charge in [-0.2, -0.15) is 0 Å². The number of amides is 2. The van der Waals surface area contributed by atoms with Crippen LogP contribution in [0.3, 0.4) is 0 Å². The van der Waals surface area contributed by atoms with Crippen molar-refractivity contribution in [1.29, 1.82) is 0 Å². The second kappa shape index (κ2) is 13.1. The summed E-state index contributed by atoms with van der Waals surface area (Å²) >= 11 is 6.79. The number of anilines is 1. The van der Waals surface area contributed by atoms with Crippen LogP contribution in [0, 0.1) is 0 Å². The van der Waals surface area contributed by atoms with E-state index in [4.69, 9.17) is 0 Å². The number of halogens is 2. The minimum Gasteiger partial charge on any atom is -0.350 e. The van der Waals surface area contributed by atoms with E-state index in [1.165, 1.54) is 4.90 Å². The van der Waals surface area contributed by atoms with Crippen LogP contribution in [0.2, 0.25) is 0 Å². The minimum absolute atomic E-state index is 0.124. The number of nitrogens with one attached hydrogen (secondary N) is 1. The van der Waals surface area contributed by atoms with Crippen molar-refractivity contribution in [3.8, 4) is 0 Å². The Morgan fingerprint density at radius 2 is 1.38 bits per heavy atom. The van der Waals surface area contributed by atoms with E-state index in [1.54, 1.807) is 24.3 Å². The molecule has 0 heterocycles. The van der Waals surface area contributed by atoms with E-state index in [9.17, 15) is 18.0 Å². The topological polar surface area (TPSA) is 86.8 Å². The van der Waals surface area contributed by atoms with Gasteiger partial charge in [-0.1, -0.05) is 74.3 Å². The van der Waals surface area contributed by atoms with Crippen LogP contribution in [0.25, 0.3) is 0 Å². The summed E-state index contributed by atoms with van der Waals surface area (Å²) in [4.78, 5) is 29.2. The van der Waals surface area contributed by atoms with Gasteiger partial charge in [0.2, 0.25) is 21.8 Å². The van der Waals surface area contributed by atoms with E-state index in [-0.39, 0.29) is 18.9 Å². The lowest BCUT2D eigenvalue weighted by atomic mass is 10.0. The summed E-state index contributed by atoms with van der Waals surface area (Å²) in [5, 5.41) is 3.01.